The molecule has 0 radical (unpaired) electrons. The number of nitrogens with one attached hydrogen (secondary N) is 2. The van der Waals surface area contributed by atoms with Crippen molar-refractivity contribution in [2.45, 2.75) is 12.7 Å². The molecule has 28 heavy (non-hydrogen) atoms. The van der Waals surface area contributed by atoms with E-state index in [2.05, 4.69) is 5.32 Å². The second-order valence-corrected chi connectivity index (χ2v) is 5.91. The summed E-state index contributed by atoms with van der Waals surface area (Å²) in [6.07, 6.45) is -5.02. The molecule has 0 saturated heterocycles. The van der Waals surface area contributed by atoms with Crippen LogP contribution in [0.3, 0.4) is 0 Å². The highest BCUT2D eigenvalue weighted by Gasteiger charge is 2.38. The number of hydrogen-bond donors (Lipinski definition) is 2. The molecule has 0 saturated carbocycles. The average Bonchev–Trinajstić information content (AvgIpc) is 2.66. The summed E-state index contributed by atoms with van der Waals surface area (Å²) < 4.78 is 46.8. The van der Waals surface area contributed by atoms with Crippen molar-refractivity contribution in [1.29, 1.82) is 0 Å². The lowest BCUT2D eigenvalue weighted by molar-refractivity contribution is -0.173. The van der Waals surface area contributed by atoms with Crippen molar-refractivity contribution in [3.63, 3.8) is 0 Å². The Labute approximate surface area is 163 Å². The number of hydrogen-bond acceptors (Lipinski definition) is 4. The number of ether oxygens (including phenoxy) is 2. The SMILES string of the molecule is COc1ccc(Oc2ccc(CNC(=O)CNC(=O)C(F)(F)F)cc2)c(Cl)c1. The van der Waals surface area contributed by atoms with Gasteiger partial charge in [-0.1, -0.05) is 23.7 Å². The van der Waals surface area contributed by atoms with Crippen molar-refractivity contribution < 1.29 is 32.2 Å². The van der Waals surface area contributed by atoms with E-state index in [1.165, 1.54) is 12.4 Å². The molecular formula is C18H16ClF3N2O4. The van der Waals surface area contributed by atoms with Crippen LogP contribution in [0.15, 0.2) is 42.5 Å². The molecule has 2 rings (SSSR count). The third kappa shape index (κ3) is 6.34. The molecule has 0 aliphatic heterocycles. The first-order valence-corrected chi connectivity index (χ1v) is 8.29. The average molecular weight is 417 g/mol. The Hall–Kier alpha value is -2.94. The molecule has 0 aromatic heterocycles. The minimum Gasteiger partial charge on any atom is -0.497 e. The van der Waals surface area contributed by atoms with E-state index in [-0.39, 0.29) is 6.54 Å². The molecule has 0 unspecified atom stereocenters. The second kappa shape index (κ2) is 9.32. The van der Waals surface area contributed by atoms with Crippen LogP contribution in [-0.4, -0.2) is 31.6 Å². The van der Waals surface area contributed by atoms with Gasteiger partial charge in [0.25, 0.3) is 0 Å². The summed E-state index contributed by atoms with van der Waals surface area (Å²) in [4.78, 5) is 22.1. The molecule has 0 spiro atoms. The van der Waals surface area contributed by atoms with E-state index >= 15 is 0 Å². The number of rotatable bonds is 7. The molecule has 6 nitrogen and oxygen atoms in total. The van der Waals surface area contributed by atoms with Gasteiger partial charge in [0.05, 0.1) is 18.7 Å². The van der Waals surface area contributed by atoms with Gasteiger partial charge < -0.3 is 20.1 Å². The third-order valence-electron chi connectivity index (χ3n) is 3.45. The van der Waals surface area contributed by atoms with Crippen LogP contribution in [0.4, 0.5) is 13.2 Å². The molecule has 2 amide bonds. The molecule has 2 aromatic rings. The van der Waals surface area contributed by atoms with Crippen LogP contribution < -0.4 is 20.1 Å². The zero-order chi connectivity index (χ0) is 20.7. The highest BCUT2D eigenvalue weighted by molar-refractivity contribution is 6.32. The van der Waals surface area contributed by atoms with Crippen molar-refractivity contribution in [1.82, 2.24) is 10.6 Å². The van der Waals surface area contributed by atoms with E-state index in [0.29, 0.717) is 27.8 Å². The van der Waals surface area contributed by atoms with Gasteiger partial charge in [0.15, 0.2) is 0 Å². The third-order valence-corrected chi connectivity index (χ3v) is 3.74. The van der Waals surface area contributed by atoms with Gasteiger partial charge in [0.2, 0.25) is 5.91 Å². The standard InChI is InChI=1S/C18H16ClF3N2O4/c1-27-13-6-7-15(14(19)8-13)28-12-4-2-11(3-5-12)9-23-16(25)10-24-17(26)18(20,21)22/h2-8H,9-10H2,1H3,(H,23,25)(H,24,26). The fourth-order valence-electron chi connectivity index (χ4n) is 2.02. The maximum atomic E-state index is 12.0. The van der Waals surface area contributed by atoms with Crippen LogP contribution >= 0.6 is 11.6 Å². The normalized spacial score (nSPS) is 10.9. The first-order chi connectivity index (χ1) is 13.2. The highest BCUT2D eigenvalue weighted by atomic mass is 35.5. The molecule has 150 valence electrons. The lowest BCUT2D eigenvalue weighted by atomic mass is 10.2. The van der Waals surface area contributed by atoms with Crippen LogP contribution in [0, 0.1) is 0 Å². The summed E-state index contributed by atoms with van der Waals surface area (Å²) in [5.41, 5.74) is 0.684. The van der Waals surface area contributed by atoms with Crippen LogP contribution in [-0.2, 0) is 16.1 Å². The fraction of sp³-hybridized carbons (Fsp3) is 0.222. The van der Waals surface area contributed by atoms with Crippen LogP contribution in [0.25, 0.3) is 0 Å². The molecule has 10 heteroatoms. The zero-order valence-electron chi connectivity index (χ0n) is 14.6. The molecular weight excluding hydrogens is 401 g/mol. The molecule has 0 fully saturated rings. The van der Waals surface area contributed by atoms with Gasteiger partial charge >= 0.3 is 12.1 Å². The minimum atomic E-state index is -5.02. The van der Waals surface area contributed by atoms with Gasteiger partial charge in [-0.05, 0) is 29.8 Å². The molecule has 0 atom stereocenters. The van der Waals surface area contributed by atoms with Crippen molar-refractivity contribution >= 4 is 23.4 Å². The highest BCUT2D eigenvalue weighted by Crippen LogP contribution is 2.32. The topological polar surface area (TPSA) is 76.7 Å². The first kappa shape index (κ1) is 21.4. The predicted octanol–water partition coefficient (Wildman–Crippen LogP) is 3.44. The maximum Gasteiger partial charge on any atom is 0.471 e. The number of halogens is 4. The van der Waals surface area contributed by atoms with Crippen molar-refractivity contribution in [3.8, 4) is 17.2 Å². The Morgan fingerprint density at radius 3 is 2.25 bits per heavy atom. The minimum absolute atomic E-state index is 0.0737. The van der Waals surface area contributed by atoms with Crippen molar-refractivity contribution in [2.75, 3.05) is 13.7 Å². The largest absolute Gasteiger partial charge is 0.497 e. The van der Waals surface area contributed by atoms with Crippen LogP contribution in [0.1, 0.15) is 5.56 Å². The molecule has 0 aliphatic rings. The quantitative estimate of drug-likeness (QED) is 0.725. The Kier molecular flexibility index (Phi) is 7.11. The van der Waals surface area contributed by atoms with E-state index in [1.807, 2.05) is 0 Å². The Bertz CT molecular complexity index is 842. The number of alkyl halides is 3. The number of amides is 2. The summed E-state index contributed by atoms with van der Waals surface area (Å²) in [5, 5.41) is 4.26. The van der Waals surface area contributed by atoms with Gasteiger partial charge in [-0.3, -0.25) is 9.59 Å². The van der Waals surface area contributed by atoms with E-state index in [9.17, 15) is 22.8 Å². The van der Waals surface area contributed by atoms with Crippen LogP contribution in [0.2, 0.25) is 5.02 Å². The summed E-state index contributed by atoms with van der Waals surface area (Å²) in [6.45, 7) is -0.695. The lowest BCUT2D eigenvalue weighted by Gasteiger charge is -2.10. The van der Waals surface area contributed by atoms with Gasteiger partial charge in [-0.15, -0.1) is 0 Å². The van der Waals surface area contributed by atoms with E-state index in [1.54, 1.807) is 42.5 Å². The van der Waals surface area contributed by atoms with Gasteiger partial charge in [-0.2, -0.15) is 13.2 Å². The molecule has 2 aromatic carbocycles. The smallest absolute Gasteiger partial charge is 0.471 e. The second-order valence-electron chi connectivity index (χ2n) is 5.50. The monoisotopic (exact) mass is 416 g/mol. The molecule has 0 aliphatic carbocycles. The predicted molar refractivity (Wildman–Crippen MR) is 95.4 cm³/mol. The summed E-state index contributed by atoms with van der Waals surface area (Å²) in [7, 11) is 1.52. The van der Waals surface area contributed by atoms with Crippen molar-refractivity contribution in [3.05, 3.63) is 53.1 Å². The molecule has 0 heterocycles. The Morgan fingerprint density at radius 2 is 1.68 bits per heavy atom. The summed E-state index contributed by atoms with van der Waals surface area (Å²) >= 11 is 6.10. The summed E-state index contributed by atoms with van der Waals surface area (Å²) in [5.74, 6) is -1.39. The number of benzene rings is 2. The number of methoxy groups -OCH3 is 1. The van der Waals surface area contributed by atoms with E-state index in [0.717, 1.165) is 0 Å². The summed E-state index contributed by atoms with van der Waals surface area (Å²) in [6, 6.07) is 11.6. The number of carbonyl (C=O) groups excluding carboxylic acids is 2. The Morgan fingerprint density at radius 1 is 1.04 bits per heavy atom. The number of carbonyl (C=O) groups is 2. The van der Waals surface area contributed by atoms with E-state index < -0.39 is 24.5 Å². The van der Waals surface area contributed by atoms with E-state index in [4.69, 9.17) is 21.1 Å². The van der Waals surface area contributed by atoms with Gasteiger partial charge in [0.1, 0.15) is 17.2 Å². The Balaban J connectivity index is 1.84. The maximum absolute atomic E-state index is 12.0. The van der Waals surface area contributed by atoms with Gasteiger partial charge in [-0.25, -0.2) is 0 Å². The zero-order valence-corrected chi connectivity index (χ0v) is 15.4. The fourth-order valence-corrected chi connectivity index (χ4v) is 2.23. The van der Waals surface area contributed by atoms with Crippen LogP contribution in [0.5, 0.6) is 17.2 Å². The molecule has 0 bridgehead atoms. The van der Waals surface area contributed by atoms with Crippen molar-refractivity contribution in [2.24, 2.45) is 0 Å². The first-order valence-electron chi connectivity index (χ1n) is 7.91. The molecule has 2 N–H and O–H groups in total. The van der Waals surface area contributed by atoms with Gasteiger partial charge in [0, 0.05) is 12.6 Å². The lowest BCUT2D eigenvalue weighted by Crippen LogP contribution is -2.42.